The molecule has 5 nitrogen and oxygen atoms in total. The number of carbonyl (C=O) groups is 2. The van der Waals surface area contributed by atoms with E-state index in [2.05, 4.69) is 4.90 Å². The fraction of sp³-hybridized carbons (Fsp3) is 0.556. The molecule has 1 saturated heterocycles. The number of rotatable bonds is 3. The molecule has 120 valence electrons. The van der Waals surface area contributed by atoms with Gasteiger partial charge in [0.1, 0.15) is 0 Å². The normalized spacial score (nSPS) is 38.0. The van der Waals surface area contributed by atoms with E-state index in [1.165, 1.54) is 4.90 Å². The van der Waals surface area contributed by atoms with Gasteiger partial charge >= 0.3 is 0 Å². The maximum atomic E-state index is 12.4. The highest BCUT2D eigenvalue weighted by Gasteiger charge is 2.58. The van der Waals surface area contributed by atoms with Gasteiger partial charge in [-0.3, -0.25) is 19.4 Å². The van der Waals surface area contributed by atoms with Crippen molar-refractivity contribution in [1.82, 2.24) is 9.80 Å². The predicted molar refractivity (Wildman–Crippen MR) is 82.9 cm³/mol. The zero-order valence-electron chi connectivity index (χ0n) is 12.9. The Morgan fingerprint density at radius 2 is 1.70 bits per heavy atom. The Bertz CT molecular complexity index is 666. The minimum absolute atomic E-state index is 0.183. The van der Waals surface area contributed by atoms with E-state index < -0.39 is 0 Å². The van der Waals surface area contributed by atoms with Gasteiger partial charge < -0.3 is 5.11 Å². The van der Waals surface area contributed by atoms with E-state index in [-0.39, 0.29) is 24.0 Å². The largest absolute Gasteiger partial charge is 0.391 e. The number of likely N-dealkylation sites (tertiary alicyclic amines) is 1. The summed E-state index contributed by atoms with van der Waals surface area (Å²) in [4.78, 5) is 28.5. The van der Waals surface area contributed by atoms with Crippen LogP contribution in [0.2, 0.25) is 0 Å². The summed E-state index contributed by atoms with van der Waals surface area (Å²) in [6, 6.07) is 7.27. The van der Waals surface area contributed by atoms with Crippen molar-refractivity contribution in [2.45, 2.75) is 25.0 Å². The lowest BCUT2D eigenvalue weighted by Gasteiger charge is -2.29. The van der Waals surface area contributed by atoms with Gasteiger partial charge in [0.2, 0.25) is 0 Å². The lowest BCUT2D eigenvalue weighted by atomic mass is 9.88. The number of hydrogen-bond acceptors (Lipinski definition) is 4. The summed E-state index contributed by atoms with van der Waals surface area (Å²) in [6.07, 6.45) is 2.08. The number of imide groups is 1. The van der Waals surface area contributed by atoms with Gasteiger partial charge in [0.15, 0.2) is 0 Å². The van der Waals surface area contributed by atoms with Crippen LogP contribution in [-0.4, -0.2) is 58.5 Å². The van der Waals surface area contributed by atoms with Crippen molar-refractivity contribution in [3.8, 4) is 0 Å². The molecule has 3 fully saturated rings. The van der Waals surface area contributed by atoms with Gasteiger partial charge in [0.05, 0.1) is 17.2 Å². The first-order chi connectivity index (χ1) is 11.1. The van der Waals surface area contributed by atoms with Gasteiger partial charge in [0, 0.05) is 25.7 Å². The molecular weight excluding hydrogens is 292 g/mol. The van der Waals surface area contributed by atoms with Crippen molar-refractivity contribution in [2.24, 2.45) is 17.8 Å². The second kappa shape index (κ2) is 4.65. The first kappa shape index (κ1) is 13.7. The summed E-state index contributed by atoms with van der Waals surface area (Å²) in [5.74, 6) is 1.43. The zero-order chi connectivity index (χ0) is 15.7. The Morgan fingerprint density at radius 3 is 2.35 bits per heavy atom. The van der Waals surface area contributed by atoms with Crippen molar-refractivity contribution < 1.29 is 14.7 Å². The van der Waals surface area contributed by atoms with E-state index >= 15 is 0 Å². The third-order valence-electron chi connectivity index (χ3n) is 6.44. The van der Waals surface area contributed by atoms with Crippen LogP contribution >= 0.6 is 0 Å². The second-order valence-corrected chi connectivity index (χ2v) is 7.44. The smallest absolute Gasteiger partial charge is 0.261 e. The highest BCUT2D eigenvalue weighted by molar-refractivity contribution is 6.21. The molecule has 5 unspecified atom stereocenters. The summed E-state index contributed by atoms with van der Waals surface area (Å²) in [5, 5.41) is 10.4. The van der Waals surface area contributed by atoms with Gasteiger partial charge in [-0.2, -0.15) is 0 Å². The second-order valence-electron chi connectivity index (χ2n) is 7.44. The van der Waals surface area contributed by atoms with Crippen LogP contribution in [0, 0.1) is 17.8 Å². The SMILES string of the molecule is O=C1c2ccccc2C(=O)N1CCN1CC2CC3CC2C1C3O. The monoisotopic (exact) mass is 312 g/mol. The van der Waals surface area contributed by atoms with Crippen molar-refractivity contribution in [1.29, 1.82) is 0 Å². The summed E-state index contributed by atoms with van der Waals surface area (Å²) in [6.45, 7) is 2.10. The van der Waals surface area contributed by atoms with Crippen LogP contribution in [0.15, 0.2) is 24.3 Å². The predicted octanol–water partition coefficient (Wildman–Crippen LogP) is 0.984. The van der Waals surface area contributed by atoms with Gasteiger partial charge in [-0.1, -0.05) is 12.1 Å². The quantitative estimate of drug-likeness (QED) is 0.846. The fourth-order valence-electron chi connectivity index (χ4n) is 5.46. The van der Waals surface area contributed by atoms with E-state index in [4.69, 9.17) is 0 Å². The lowest BCUT2D eigenvalue weighted by molar-refractivity contribution is 0.0448. The van der Waals surface area contributed by atoms with E-state index in [1.54, 1.807) is 24.3 Å². The fourth-order valence-corrected chi connectivity index (χ4v) is 5.46. The van der Waals surface area contributed by atoms with Crippen LogP contribution in [0.1, 0.15) is 33.6 Å². The molecule has 2 bridgehead atoms. The van der Waals surface area contributed by atoms with E-state index in [0.717, 1.165) is 19.4 Å². The van der Waals surface area contributed by atoms with Gasteiger partial charge in [-0.15, -0.1) is 0 Å². The van der Waals surface area contributed by atoms with Gasteiger partial charge in [-0.25, -0.2) is 0 Å². The highest BCUT2D eigenvalue weighted by Crippen LogP contribution is 2.54. The molecule has 2 heterocycles. The zero-order valence-corrected chi connectivity index (χ0v) is 12.9. The summed E-state index contributed by atoms with van der Waals surface area (Å²) < 4.78 is 0. The molecule has 0 aromatic heterocycles. The van der Waals surface area contributed by atoms with Crippen LogP contribution < -0.4 is 0 Å². The molecule has 5 heteroatoms. The Hall–Kier alpha value is -1.72. The van der Waals surface area contributed by atoms with Crippen molar-refractivity contribution in [3.63, 3.8) is 0 Å². The molecule has 4 aliphatic rings. The number of fused-ring (bicyclic) bond motifs is 2. The first-order valence-electron chi connectivity index (χ1n) is 8.52. The number of benzene rings is 1. The van der Waals surface area contributed by atoms with Crippen LogP contribution in [0.25, 0.3) is 0 Å². The molecule has 2 aliphatic carbocycles. The number of aliphatic hydroxyl groups excluding tert-OH is 1. The molecule has 2 amide bonds. The minimum atomic E-state index is -0.221. The molecular formula is C18H20N2O3. The van der Waals surface area contributed by atoms with Crippen molar-refractivity contribution in [3.05, 3.63) is 35.4 Å². The van der Waals surface area contributed by atoms with Crippen molar-refractivity contribution in [2.75, 3.05) is 19.6 Å². The van der Waals surface area contributed by atoms with Crippen molar-refractivity contribution >= 4 is 11.8 Å². The number of nitrogens with zero attached hydrogens (tertiary/aromatic N) is 2. The molecule has 5 rings (SSSR count). The Morgan fingerprint density at radius 1 is 1.00 bits per heavy atom. The third-order valence-corrected chi connectivity index (χ3v) is 6.44. The molecule has 5 atom stereocenters. The van der Waals surface area contributed by atoms with E-state index in [1.807, 2.05) is 0 Å². The average molecular weight is 312 g/mol. The molecule has 23 heavy (non-hydrogen) atoms. The topological polar surface area (TPSA) is 60.9 Å². The molecule has 2 aliphatic heterocycles. The van der Waals surface area contributed by atoms with E-state index in [0.29, 0.717) is 42.0 Å². The number of hydrogen-bond donors (Lipinski definition) is 1. The van der Waals surface area contributed by atoms with Crippen LogP contribution in [0.3, 0.4) is 0 Å². The Balaban J connectivity index is 1.31. The van der Waals surface area contributed by atoms with Gasteiger partial charge in [-0.05, 0) is 42.7 Å². The number of amides is 2. The number of aliphatic hydroxyl groups is 1. The molecule has 2 saturated carbocycles. The first-order valence-corrected chi connectivity index (χ1v) is 8.52. The average Bonchev–Trinajstić information content (AvgIpc) is 3.22. The standard InChI is InChI=1S/C18H20N2O3/c21-16-10-7-11-9-19(15(16)14(11)8-10)5-6-20-17(22)12-3-1-2-4-13(12)18(20)23/h1-4,10-11,14-16,21H,5-9H2. The Kier molecular flexibility index (Phi) is 2.77. The van der Waals surface area contributed by atoms with E-state index in [9.17, 15) is 14.7 Å². The van der Waals surface area contributed by atoms with Gasteiger partial charge in [0.25, 0.3) is 11.8 Å². The summed E-state index contributed by atoms with van der Waals surface area (Å²) in [5.41, 5.74) is 1.03. The number of carbonyl (C=O) groups excluding carboxylic acids is 2. The molecule has 1 aromatic rings. The molecule has 1 N–H and O–H groups in total. The minimum Gasteiger partial charge on any atom is -0.391 e. The maximum Gasteiger partial charge on any atom is 0.261 e. The van der Waals surface area contributed by atoms with Crippen LogP contribution in [0.5, 0.6) is 0 Å². The summed E-state index contributed by atoms with van der Waals surface area (Å²) in [7, 11) is 0. The third kappa shape index (κ3) is 1.75. The highest BCUT2D eigenvalue weighted by atomic mass is 16.3. The Labute approximate surface area is 134 Å². The van der Waals surface area contributed by atoms with Crippen LogP contribution in [0.4, 0.5) is 0 Å². The summed E-state index contributed by atoms with van der Waals surface area (Å²) >= 11 is 0. The lowest BCUT2D eigenvalue weighted by Crippen LogP contribution is -2.44. The molecule has 0 radical (unpaired) electrons. The molecule has 0 spiro atoms. The molecule has 1 aromatic carbocycles. The maximum absolute atomic E-state index is 12.4. The van der Waals surface area contributed by atoms with Crippen LogP contribution in [-0.2, 0) is 0 Å².